The molecule has 3 rings (SSSR count). The molecule has 2 unspecified atom stereocenters. The first-order chi connectivity index (χ1) is 13.0. The van der Waals surface area contributed by atoms with Crippen LogP contribution < -0.4 is 10.1 Å². The molecule has 1 aromatic rings. The van der Waals surface area contributed by atoms with Crippen molar-refractivity contribution in [1.82, 2.24) is 10.2 Å². The molecule has 0 aromatic heterocycles. The maximum absolute atomic E-state index is 13.0. The summed E-state index contributed by atoms with van der Waals surface area (Å²) >= 11 is 1.33. The Labute approximate surface area is 163 Å². The van der Waals surface area contributed by atoms with E-state index in [-0.39, 0.29) is 22.9 Å². The smallest absolute Gasteiger partial charge is 0.406 e. The van der Waals surface area contributed by atoms with Crippen LogP contribution in [-0.2, 0) is 4.79 Å². The normalized spacial score (nSPS) is 27.9. The quantitative estimate of drug-likeness (QED) is 0.798. The minimum atomic E-state index is -4.80. The molecule has 6 nitrogen and oxygen atoms in total. The van der Waals surface area contributed by atoms with E-state index in [2.05, 4.69) is 16.1 Å². The van der Waals surface area contributed by atoms with Crippen molar-refractivity contribution in [2.75, 3.05) is 7.05 Å². The number of carbonyl (C=O) groups excluding carboxylic acids is 1. The van der Waals surface area contributed by atoms with Gasteiger partial charge in [-0.15, -0.1) is 24.9 Å². The zero-order chi connectivity index (χ0) is 20.7. The number of likely N-dealkylation sites (N-methyl/N-ethyl adjacent to an activating group) is 1. The van der Waals surface area contributed by atoms with Gasteiger partial charge in [0.1, 0.15) is 11.8 Å². The number of ether oxygens (including phenoxy) is 1. The monoisotopic (exact) mass is 410 g/mol. The molecule has 0 aliphatic carbocycles. The number of hydrogen-bond acceptors (Lipinski definition) is 5. The van der Waals surface area contributed by atoms with Gasteiger partial charge in [0.25, 0.3) is 0 Å². The largest absolute Gasteiger partial charge is 0.573 e. The number of amides is 1. The van der Waals surface area contributed by atoms with E-state index < -0.39 is 17.8 Å². The number of nitrogens with zero attached hydrogens (tertiary/aromatic N) is 2. The topological polar surface area (TPSA) is 89.2 Å². The lowest BCUT2D eigenvalue weighted by Crippen LogP contribution is -2.67. The van der Waals surface area contributed by atoms with Crippen LogP contribution in [0.2, 0.25) is 0 Å². The Balaban J connectivity index is 1.96. The number of benzene rings is 1. The van der Waals surface area contributed by atoms with E-state index in [9.17, 15) is 18.0 Å². The van der Waals surface area contributed by atoms with Gasteiger partial charge in [0.15, 0.2) is 5.96 Å². The first-order valence-electron chi connectivity index (χ1n) is 8.32. The average molecular weight is 410 g/mol. The summed E-state index contributed by atoms with van der Waals surface area (Å²) < 4.78 is 41.1. The van der Waals surface area contributed by atoms with Crippen molar-refractivity contribution in [1.29, 1.82) is 10.7 Å². The summed E-state index contributed by atoms with van der Waals surface area (Å²) in [6, 6.07) is 7.26. The molecule has 2 N–H and O–H groups in total. The van der Waals surface area contributed by atoms with Gasteiger partial charge in [-0.05, 0) is 31.0 Å². The Bertz CT molecular complexity index is 878. The molecule has 0 radical (unpaired) electrons. The minimum absolute atomic E-state index is 0.0632. The number of hydrogen-bond donors (Lipinski definition) is 2. The molecule has 1 amide bonds. The first-order valence-corrected chi connectivity index (χ1v) is 9.20. The molecule has 0 saturated carbocycles. The van der Waals surface area contributed by atoms with Crippen molar-refractivity contribution in [2.24, 2.45) is 0 Å². The number of guanidine groups is 1. The molecular formula is C18H17F3N4O2S. The SMILES string of the molecule is CN1C(=N)N[C@](C)(C2CC=C(C#N)S2)C(c2ccc(OC(F)(F)F)cc2)C1=O. The van der Waals surface area contributed by atoms with E-state index in [0.717, 1.165) is 12.1 Å². The van der Waals surface area contributed by atoms with Crippen molar-refractivity contribution in [3.63, 3.8) is 0 Å². The van der Waals surface area contributed by atoms with E-state index in [1.165, 1.54) is 35.8 Å². The second kappa shape index (κ2) is 7.05. The number of alkyl halides is 3. The number of rotatable bonds is 3. The van der Waals surface area contributed by atoms with Crippen molar-refractivity contribution < 1.29 is 22.7 Å². The molecular weight excluding hydrogens is 393 g/mol. The summed E-state index contributed by atoms with van der Waals surface area (Å²) in [5.74, 6) is -1.54. The summed E-state index contributed by atoms with van der Waals surface area (Å²) in [6.07, 6.45) is -2.48. The average Bonchev–Trinajstić information content (AvgIpc) is 3.10. The summed E-state index contributed by atoms with van der Waals surface area (Å²) in [4.78, 5) is 14.7. The highest BCUT2D eigenvalue weighted by Crippen LogP contribution is 2.46. The third kappa shape index (κ3) is 3.67. The van der Waals surface area contributed by atoms with Gasteiger partial charge >= 0.3 is 6.36 Å². The highest BCUT2D eigenvalue weighted by atomic mass is 32.2. The molecule has 1 saturated heterocycles. The second-order valence-electron chi connectivity index (χ2n) is 6.73. The molecule has 1 fully saturated rings. The van der Waals surface area contributed by atoms with Gasteiger partial charge < -0.3 is 10.1 Å². The maximum atomic E-state index is 13.0. The molecule has 2 aliphatic heterocycles. The second-order valence-corrected chi connectivity index (χ2v) is 7.97. The zero-order valence-corrected chi connectivity index (χ0v) is 15.8. The fourth-order valence-corrected chi connectivity index (χ4v) is 4.68. The lowest BCUT2D eigenvalue weighted by molar-refractivity contribution is -0.274. The van der Waals surface area contributed by atoms with Gasteiger partial charge in [0, 0.05) is 12.3 Å². The van der Waals surface area contributed by atoms with Crippen molar-refractivity contribution in [2.45, 2.75) is 36.4 Å². The maximum Gasteiger partial charge on any atom is 0.573 e. The lowest BCUT2D eigenvalue weighted by atomic mass is 9.75. The van der Waals surface area contributed by atoms with Crippen molar-refractivity contribution in [3.05, 3.63) is 40.8 Å². The lowest BCUT2D eigenvalue weighted by Gasteiger charge is -2.48. The van der Waals surface area contributed by atoms with Crippen molar-refractivity contribution >= 4 is 23.6 Å². The molecule has 148 valence electrons. The standard InChI is InChI=1S/C18H17F3N4O2S/c1-17(13-8-7-12(9-22)28-13)14(15(26)25(2)16(23)24-17)10-3-5-11(6-4-10)27-18(19,20)21/h3-7,13-14H,8H2,1-2H3,(H2,23,24)/t13?,14?,17-/m1/s1. The fourth-order valence-electron chi connectivity index (χ4n) is 3.49. The van der Waals surface area contributed by atoms with Crippen molar-refractivity contribution in [3.8, 4) is 11.8 Å². The molecule has 1 aromatic carbocycles. The van der Waals surface area contributed by atoms with Crippen LogP contribution >= 0.6 is 11.8 Å². The Morgan fingerprint density at radius 3 is 2.57 bits per heavy atom. The van der Waals surface area contributed by atoms with E-state index in [0.29, 0.717) is 16.9 Å². The Hall–Kier alpha value is -2.67. The molecule has 0 spiro atoms. The Kier molecular flexibility index (Phi) is 5.06. The summed E-state index contributed by atoms with van der Waals surface area (Å²) in [6.45, 7) is 1.79. The van der Waals surface area contributed by atoms with Gasteiger partial charge in [0.05, 0.1) is 16.4 Å². The Morgan fingerprint density at radius 1 is 1.39 bits per heavy atom. The molecule has 2 aliphatic rings. The fraction of sp³-hybridized carbons (Fsp3) is 0.389. The molecule has 10 heteroatoms. The van der Waals surface area contributed by atoms with Crippen LogP contribution in [0.5, 0.6) is 5.75 Å². The number of carbonyl (C=O) groups is 1. The molecule has 28 heavy (non-hydrogen) atoms. The van der Waals surface area contributed by atoms with E-state index >= 15 is 0 Å². The van der Waals surface area contributed by atoms with Gasteiger partial charge in [-0.1, -0.05) is 18.2 Å². The van der Waals surface area contributed by atoms with Crippen LogP contribution in [0.4, 0.5) is 13.2 Å². The van der Waals surface area contributed by atoms with E-state index in [1.54, 1.807) is 13.0 Å². The van der Waals surface area contributed by atoms with Crippen LogP contribution in [0.1, 0.15) is 24.8 Å². The van der Waals surface area contributed by atoms with Crippen LogP contribution in [0.25, 0.3) is 0 Å². The third-order valence-corrected chi connectivity index (χ3v) is 6.39. The number of halogens is 3. The number of allylic oxidation sites excluding steroid dienone is 2. The molecule has 2 heterocycles. The van der Waals surface area contributed by atoms with Crippen LogP contribution in [0.3, 0.4) is 0 Å². The predicted molar refractivity (Wildman–Crippen MR) is 97.6 cm³/mol. The summed E-state index contributed by atoms with van der Waals surface area (Å²) in [7, 11) is 1.46. The van der Waals surface area contributed by atoms with Gasteiger partial charge in [-0.25, -0.2) is 0 Å². The minimum Gasteiger partial charge on any atom is -0.406 e. The number of nitrogens with one attached hydrogen (secondary N) is 2. The number of nitriles is 1. The van der Waals surface area contributed by atoms with E-state index in [4.69, 9.17) is 10.7 Å². The zero-order valence-electron chi connectivity index (χ0n) is 15.0. The van der Waals surface area contributed by atoms with Crippen LogP contribution in [0.15, 0.2) is 35.2 Å². The predicted octanol–water partition coefficient (Wildman–Crippen LogP) is 3.34. The third-order valence-electron chi connectivity index (χ3n) is 4.91. The Morgan fingerprint density at radius 2 is 2.04 bits per heavy atom. The highest BCUT2D eigenvalue weighted by molar-refractivity contribution is 8.04. The summed E-state index contributed by atoms with van der Waals surface area (Å²) in [5, 5.41) is 20.1. The van der Waals surface area contributed by atoms with Gasteiger partial charge in [-0.2, -0.15) is 5.26 Å². The van der Waals surface area contributed by atoms with E-state index in [1.807, 2.05) is 0 Å². The highest BCUT2D eigenvalue weighted by Gasteiger charge is 2.52. The van der Waals surface area contributed by atoms with Crippen LogP contribution in [0, 0.1) is 16.7 Å². The number of thioether (sulfide) groups is 1. The first kappa shape index (κ1) is 20.1. The van der Waals surface area contributed by atoms with Crippen LogP contribution in [-0.4, -0.2) is 41.0 Å². The van der Waals surface area contributed by atoms with Gasteiger partial charge in [0.2, 0.25) is 5.91 Å². The summed E-state index contributed by atoms with van der Waals surface area (Å²) in [5.41, 5.74) is -0.410. The van der Waals surface area contributed by atoms with Gasteiger partial charge in [-0.3, -0.25) is 15.1 Å². The molecule has 3 atom stereocenters. The molecule has 0 bridgehead atoms.